The summed E-state index contributed by atoms with van der Waals surface area (Å²) in [5.74, 6) is -1.48. The van der Waals surface area contributed by atoms with Crippen LogP contribution < -0.4 is 14.8 Å². The Kier molecular flexibility index (Phi) is 5.71. The van der Waals surface area contributed by atoms with E-state index in [0.29, 0.717) is 24.1 Å². The van der Waals surface area contributed by atoms with Crippen LogP contribution in [0.2, 0.25) is 0 Å². The number of nitrogens with zero attached hydrogens (tertiary/aromatic N) is 1. The summed E-state index contributed by atoms with van der Waals surface area (Å²) in [6.45, 7) is 6.21. The molecule has 1 unspecified atom stereocenters. The number of alkyl halides is 2. The first-order chi connectivity index (χ1) is 17.3. The second-order valence-electron chi connectivity index (χ2n) is 10.8. The Labute approximate surface area is 211 Å². The number of fused-ring (bicyclic) bond motifs is 2. The molecule has 3 N–H and O–H groups in total. The van der Waals surface area contributed by atoms with E-state index in [9.17, 15) is 23.5 Å². The first-order valence-corrected chi connectivity index (χ1v) is 12.0. The van der Waals surface area contributed by atoms with Crippen LogP contribution in [0, 0.1) is 0 Å². The standard InChI is InChI=1S/C27H28F2N2O6/c1-25(2,3)22-11-15-10-17(5-6-19(15)31(22)14-18(32)13-23(33)34)30-24(35)26(8-9-26)16-4-7-20-21(12-16)37-27(28,29)36-20/h4-7,10-12,18,32H,8-9,13-14H2,1-3H3,(H,30,35)(H,33,34). The van der Waals surface area contributed by atoms with Gasteiger partial charge in [-0.15, -0.1) is 8.78 Å². The molecule has 1 amide bonds. The minimum atomic E-state index is -3.72. The molecule has 2 heterocycles. The van der Waals surface area contributed by atoms with Crippen molar-refractivity contribution in [1.29, 1.82) is 0 Å². The average Bonchev–Trinajstić information content (AvgIpc) is 3.42. The fourth-order valence-electron chi connectivity index (χ4n) is 4.91. The van der Waals surface area contributed by atoms with E-state index in [-0.39, 0.29) is 35.8 Å². The third-order valence-electron chi connectivity index (χ3n) is 6.87. The molecule has 1 aliphatic carbocycles. The van der Waals surface area contributed by atoms with Crippen molar-refractivity contribution < 1.29 is 38.1 Å². The molecule has 1 saturated carbocycles. The highest BCUT2D eigenvalue weighted by Crippen LogP contribution is 2.52. The summed E-state index contributed by atoms with van der Waals surface area (Å²) in [5.41, 5.74) is 1.77. The number of anilines is 1. The van der Waals surface area contributed by atoms with Gasteiger partial charge in [-0.3, -0.25) is 9.59 Å². The summed E-state index contributed by atoms with van der Waals surface area (Å²) in [7, 11) is 0. The number of halogens is 2. The van der Waals surface area contributed by atoms with Crippen LogP contribution in [0.15, 0.2) is 42.5 Å². The number of carboxylic acid groups (broad SMARTS) is 1. The quantitative estimate of drug-likeness (QED) is 0.419. The summed E-state index contributed by atoms with van der Waals surface area (Å²) in [6, 6.07) is 11.8. The summed E-state index contributed by atoms with van der Waals surface area (Å²) >= 11 is 0. The lowest BCUT2D eigenvalue weighted by atomic mass is 9.92. The van der Waals surface area contributed by atoms with Gasteiger partial charge in [0.2, 0.25) is 5.91 Å². The van der Waals surface area contributed by atoms with Crippen LogP contribution in [0.1, 0.15) is 51.3 Å². The monoisotopic (exact) mass is 514 g/mol. The van der Waals surface area contributed by atoms with Crippen LogP contribution in [0.25, 0.3) is 10.9 Å². The lowest BCUT2D eigenvalue weighted by molar-refractivity contribution is -0.286. The largest absolute Gasteiger partial charge is 0.586 e. The average molecular weight is 515 g/mol. The van der Waals surface area contributed by atoms with Crippen LogP contribution in [-0.4, -0.2) is 39.1 Å². The smallest absolute Gasteiger partial charge is 0.481 e. The number of benzene rings is 2. The number of carboxylic acids is 1. The Balaban J connectivity index is 1.40. The molecule has 1 fully saturated rings. The zero-order valence-electron chi connectivity index (χ0n) is 20.7. The van der Waals surface area contributed by atoms with Crippen LogP contribution in [0.4, 0.5) is 14.5 Å². The summed E-state index contributed by atoms with van der Waals surface area (Å²) < 4.78 is 37.8. The van der Waals surface area contributed by atoms with Gasteiger partial charge in [-0.2, -0.15) is 0 Å². The fourth-order valence-corrected chi connectivity index (χ4v) is 4.91. The van der Waals surface area contributed by atoms with Gasteiger partial charge in [0.25, 0.3) is 0 Å². The zero-order chi connectivity index (χ0) is 26.8. The van der Waals surface area contributed by atoms with Gasteiger partial charge >= 0.3 is 12.3 Å². The summed E-state index contributed by atoms with van der Waals surface area (Å²) in [5, 5.41) is 23.1. The van der Waals surface area contributed by atoms with E-state index >= 15 is 0 Å². The van der Waals surface area contributed by atoms with Crippen molar-refractivity contribution in [3.8, 4) is 11.5 Å². The van der Waals surface area contributed by atoms with E-state index in [1.807, 2.05) is 43.5 Å². The minimum Gasteiger partial charge on any atom is -0.481 e. The second-order valence-corrected chi connectivity index (χ2v) is 10.8. The molecule has 5 rings (SSSR count). The van der Waals surface area contributed by atoms with Gasteiger partial charge in [0.1, 0.15) is 0 Å². The molecule has 8 nitrogen and oxygen atoms in total. The second kappa shape index (κ2) is 8.44. The van der Waals surface area contributed by atoms with Crippen molar-refractivity contribution in [2.45, 2.75) is 69.8 Å². The lowest BCUT2D eigenvalue weighted by Crippen LogP contribution is -2.28. The number of aliphatic hydroxyl groups excluding tert-OH is 1. The number of hydrogen-bond acceptors (Lipinski definition) is 5. The number of nitrogens with one attached hydrogen (secondary N) is 1. The van der Waals surface area contributed by atoms with Crippen molar-refractivity contribution >= 4 is 28.5 Å². The Bertz CT molecular complexity index is 1400. The van der Waals surface area contributed by atoms with Crippen LogP contribution in [-0.2, 0) is 27.0 Å². The molecule has 2 aromatic carbocycles. The fraction of sp³-hybridized carbons (Fsp3) is 0.407. The predicted octanol–water partition coefficient (Wildman–Crippen LogP) is 4.77. The third kappa shape index (κ3) is 4.73. The molecule has 0 bridgehead atoms. The van der Waals surface area contributed by atoms with Gasteiger partial charge in [0.15, 0.2) is 11.5 Å². The SMILES string of the molecule is CC(C)(C)c1cc2cc(NC(=O)C3(c4ccc5c(c4)OC(F)(F)O5)CC3)ccc2n1CC(O)CC(=O)O. The van der Waals surface area contributed by atoms with E-state index in [1.165, 1.54) is 12.1 Å². The van der Waals surface area contributed by atoms with Gasteiger partial charge < -0.3 is 29.6 Å². The highest BCUT2D eigenvalue weighted by molar-refractivity contribution is 6.02. The Hall–Kier alpha value is -3.66. The first-order valence-electron chi connectivity index (χ1n) is 12.0. The first kappa shape index (κ1) is 25.0. The number of ether oxygens (including phenoxy) is 2. The lowest BCUT2D eigenvalue weighted by Gasteiger charge is -2.23. The van der Waals surface area contributed by atoms with Crippen molar-refractivity contribution in [2.75, 3.05) is 5.32 Å². The number of amides is 1. The molecule has 0 radical (unpaired) electrons. The van der Waals surface area contributed by atoms with Gasteiger partial charge in [-0.05, 0) is 54.8 Å². The van der Waals surface area contributed by atoms with Crippen molar-refractivity contribution in [1.82, 2.24) is 4.57 Å². The molecular formula is C27H28F2N2O6. The topological polar surface area (TPSA) is 110 Å². The number of carbonyl (C=O) groups excluding carboxylic acids is 1. The maximum absolute atomic E-state index is 13.4. The van der Waals surface area contributed by atoms with Crippen LogP contribution >= 0.6 is 0 Å². The Morgan fingerprint density at radius 2 is 1.78 bits per heavy atom. The van der Waals surface area contributed by atoms with E-state index in [4.69, 9.17) is 5.11 Å². The number of aromatic nitrogens is 1. The predicted molar refractivity (Wildman–Crippen MR) is 131 cm³/mol. The van der Waals surface area contributed by atoms with Gasteiger partial charge in [-0.1, -0.05) is 26.8 Å². The Morgan fingerprint density at radius 3 is 2.43 bits per heavy atom. The number of aliphatic carboxylic acids is 1. The molecule has 37 heavy (non-hydrogen) atoms. The molecular weight excluding hydrogens is 486 g/mol. The van der Waals surface area contributed by atoms with Crippen molar-refractivity contribution in [3.05, 3.63) is 53.7 Å². The Morgan fingerprint density at radius 1 is 1.08 bits per heavy atom. The van der Waals surface area contributed by atoms with Crippen molar-refractivity contribution in [2.24, 2.45) is 0 Å². The highest BCUT2D eigenvalue weighted by atomic mass is 19.3. The van der Waals surface area contributed by atoms with E-state index < -0.39 is 23.8 Å². The minimum absolute atomic E-state index is 0.0666. The zero-order valence-corrected chi connectivity index (χ0v) is 20.7. The number of hydrogen-bond donors (Lipinski definition) is 3. The van der Waals surface area contributed by atoms with Gasteiger partial charge in [-0.25, -0.2) is 0 Å². The number of aliphatic hydroxyl groups is 1. The van der Waals surface area contributed by atoms with Crippen molar-refractivity contribution in [3.63, 3.8) is 0 Å². The normalized spacial score (nSPS) is 18.0. The van der Waals surface area contributed by atoms with Gasteiger partial charge in [0, 0.05) is 34.2 Å². The highest BCUT2D eigenvalue weighted by Gasteiger charge is 2.52. The maximum atomic E-state index is 13.4. The number of rotatable bonds is 7. The van der Waals surface area contributed by atoms with Crippen LogP contribution in [0.3, 0.4) is 0 Å². The third-order valence-corrected chi connectivity index (χ3v) is 6.87. The molecule has 1 aromatic heterocycles. The molecule has 1 atom stereocenters. The number of carbonyl (C=O) groups is 2. The molecule has 196 valence electrons. The van der Waals surface area contributed by atoms with E-state index in [1.54, 1.807) is 12.1 Å². The molecule has 1 aliphatic heterocycles. The summed E-state index contributed by atoms with van der Waals surface area (Å²) in [6.07, 6.45) is -3.99. The maximum Gasteiger partial charge on any atom is 0.586 e. The van der Waals surface area contributed by atoms with E-state index in [0.717, 1.165) is 16.6 Å². The molecule has 0 spiro atoms. The molecule has 10 heteroatoms. The van der Waals surface area contributed by atoms with E-state index in [2.05, 4.69) is 14.8 Å². The molecule has 3 aromatic rings. The summed E-state index contributed by atoms with van der Waals surface area (Å²) in [4.78, 5) is 24.4. The molecule has 0 saturated heterocycles. The van der Waals surface area contributed by atoms with Gasteiger partial charge in [0.05, 0.1) is 17.9 Å². The van der Waals surface area contributed by atoms with Crippen LogP contribution in [0.5, 0.6) is 11.5 Å². The molecule has 2 aliphatic rings.